The topological polar surface area (TPSA) is 115 Å². The third-order valence-corrected chi connectivity index (χ3v) is 5.62. The van der Waals surface area contributed by atoms with Crippen molar-refractivity contribution in [2.24, 2.45) is 0 Å². The van der Waals surface area contributed by atoms with Crippen molar-refractivity contribution in [1.29, 1.82) is 5.41 Å². The number of para-hydroxylation sites is 1. The minimum absolute atomic E-state index is 0.134. The predicted octanol–water partition coefficient (Wildman–Crippen LogP) is 5.38. The van der Waals surface area contributed by atoms with Crippen molar-refractivity contribution in [1.82, 2.24) is 4.98 Å². The van der Waals surface area contributed by atoms with Gasteiger partial charge in [-0.05, 0) is 48.4 Å². The number of nitrogens with zero attached hydrogens (tertiary/aromatic N) is 1. The van der Waals surface area contributed by atoms with Crippen molar-refractivity contribution in [2.75, 3.05) is 17.7 Å². The monoisotopic (exact) mass is 456 g/mol. The van der Waals surface area contributed by atoms with E-state index >= 15 is 0 Å². The number of rotatable bonds is 7. The van der Waals surface area contributed by atoms with Crippen molar-refractivity contribution < 1.29 is 14.6 Å². The summed E-state index contributed by atoms with van der Waals surface area (Å²) in [6.07, 6.45) is 1.58. The van der Waals surface area contributed by atoms with Gasteiger partial charge in [-0.3, -0.25) is 4.98 Å². The summed E-state index contributed by atoms with van der Waals surface area (Å²) >= 11 is 0. The zero-order valence-corrected chi connectivity index (χ0v) is 18.6. The quantitative estimate of drug-likeness (QED) is 0.189. The maximum Gasteiger partial charge on any atom is 0.165 e. The Kier molecular flexibility index (Phi) is 6.56. The van der Waals surface area contributed by atoms with Crippen LogP contribution in [0, 0.1) is 11.2 Å². The molecular formula is C27H25FN4O2. The van der Waals surface area contributed by atoms with Crippen molar-refractivity contribution in [3.8, 4) is 28.1 Å². The normalized spacial score (nSPS) is 11.7. The van der Waals surface area contributed by atoms with Crippen molar-refractivity contribution in [3.05, 3.63) is 95.9 Å². The van der Waals surface area contributed by atoms with Gasteiger partial charge in [0.25, 0.3) is 0 Å². The van der Waals surface area contributed by atoms with Crippen LogP contribution in [0.4, 0.5) is 15.8 Å². The summed E-state index contributed by atoms with van der Waals surface area (Å²) in [6, 6.07) is 20.6. The number of aromatic hydroxyl groups is 1. The summed E-state index contributed by atoms with van der Waals surface area (Å²) < 4.78 is 14.1. The van der Waals surface area contributed by atoms with Crippen LogP contribution >= 0.6 is 0 Å². The van der Waals surface area contributed by atoms with E-state index in [4.69, 9.17) is 11.1 Å². The molecule has 0 aliphatic heterocycles. The van der Waals surface area contributed by atoms with Crippen LogP contribution in [0.25, 0.3) is 22.4 Å². The van der Waals surface area contributed by atoms with Gasteiger partial charge in [-0.2, -0.15) is 0 Å². The molecule has 0 amide bonds. The molecule has 0 bridgehead atoms. The van der Waals surface area contributed by atoms with Gasteiger partial charge in [-0.15, -0.1) is 0 Å². The van der Waals surface area contributed by atoms with Crippen LogP contribution in [0.5, 0.6) is 5.75 Å². The summed E-state index contributed by atoms with van der Waals surface area (Å²) in [5, 5.41) is 31.7. The second-order valence-electron chi connectivity index (χ2n) is 7.97. The van der Waals surface area contributed by atoms with Crippen LogP contribution in [0.1, 0.15) is 24.1 Å². The molecule has 0 saturated carbocycles. The number of hydrogen-bond acceptors (Lipinski definition) is 6. The molecule has 4 aromatic rings. The fourth-order valence-electron chi connectivity index (χ4n) is 3.85. The van der Waals surface area contributed by atoms with Gasteiger partial charge in [-0.25, -0.2) is 4.39 Å². The van der Waals surface area contributed by atoms with Gasteiger partial charge >= 0.3 is 0 Å². The number of hydrogen-bond donors (Lipinski definition) is 5. The summed E-state index contributed by atoms with van der Waals surface area (Å²) in [4.78, 5) is 4.55. The highest BCUT2D eigenvalue weighted by Crippen LogP contribution is 2.39. The molecule has 0 radical (unpaired) electrons. The maximum absolute atomic E-state index is 14.1. The third-order valence-electron chi connectivity index (χ3n) is 5.62. The number of aliphatic hydroxyl groups is 1. The van der Waals surface area contributed by atoms with E-state index in [1.165, 1.54) is 12.1 Å². The Labute approximate surface area is 197 Å². The zero-order chi connectivity index (χ0) is 24.2. The lowest BCUT2D eigenvalue weighted by Gasteiger charge is -2.20. The Morgan fingerprint density at radius 1 is 1.06 bits per heavy atom. The number of pyridine rings is 1. The maximum atomic E-state index is 14.1. The van der Waals surface area contributed by atoms with Crippen LogP contribution in [0.2, 0.25) is 0 Å². The van der Waals surface area contributed by atoms with E-state index in [1.54, 1.807) is 37.4 Å². The molecule has 0 aliphatic carbocycles. The Hall–Kier alpha value is -4.23. The van der Waals surface area contributed by atoms with E-state index in [0.717, 1.165) is 5.56 Å². The molecule has 0 saturated heterocycles. The number of nitrogens with one attached hydrogen (secondary N) is 2. The van der Waals surface area contributed by atoms with Crippen LogP contribution in [0.3, 0.4) is 0 Å². The number of anilines is 2. The zero-order valence-electron chi connectivity index (χ0n) is 18.6. The summed E-state index contributed by atoms with van der Waals surface area (Å²) in [7, 11) is 0. The molecule has 1 unspecified atom stereocenters. The number of phenolic OH excluding ortho intramolecular Hbond substituents is 1. The first-order chi connectivity index (χ1) is 16.4. The Balaban J connectivity index is 1.86. The Morgan fingerprint density at radius 2 is 1.82 bits per heavy atom. The molecule has 3 aromatic carbocycles. The molecule has 4 rings (SSSR count). The van der Waals surface area contributed by atoms with Crippen molar-refractivity contribution >= 4 is 17.1 Å². The van der Waals surface area contributed by atoms with Gasteiger partial charge in [0.1, 0.15) is 0 Å². The highest BCUT2D eigenvalue weighted by molar-refractivity contribution is 6.02. The molecule has 0 fully saturated rings. The van der Waals surface area contributed by atoms with E-state index in [-0.39, 0.29) is 18.2 Å². The van der Waals surface area contributed by atoms with E-state index < -0.39 is 11.6 Å². The summed E-state index contributed by atoms with van der Waals surface area (Å²) in [5.41, 5.74) is 10.9. The predicted molar refractivity (Wildman–Crippen MR) is 134 cm³/mol. The van der Waals surface area contributed by atoms with Gasteiger partial charge in [0.05, 0.1) is 30.2 Å². The first kappa shape index (κ1) is 22.9. The number of benzene rings is 3. The molecule has 0 aliphatic rings. The van der Waals surface area contributed by atoms with Crippen LogP contribution in [0.15, 0.2) is 79.0 Å². The lowest BCUT2D eigenvalue weighted by molar-refractivity contribution is 0.276. The van der Waals surface area contributed by atoms with Gasteiger partial charge < -0.3 is 26.7 Å². The van der Waals surface area contributed by atoms with E-state index in [1.807, 2.05) is 36.4 Å². The lowest BCUT2D eigenvalue weighted by Crippen LogP contribution is -2.15. The number of aromatic nitrogens is 1. The number of phenols is 1. The summed E-state index contributed by atoms with van der Waals surface area (Å²) in [5.74, 6) is -1.24. The minimum Gasteiger partial charge on any atom is -0.504 e. The molecule has 0 spiro atoms. The molecule has 6 nitrogen and oxygen atoms in total. The molecule has 6 N–H and O–H groups in total. The number of nitrogen functional groups attached to an aromatic ring is 1. The SMILES string of the molecule is CC(=N)c1cc(-c2cc(NC(CO)c3ccccc3)cnc2-c2cccc(F)c2O)ccc1N. The van der Waals surface area contributed by atoms with Crippen LogP contribution in [-0.4, -0.2) is 27.5 Å². The molecule has 1 aromatic heterocycles. The van der Waals surface area contributed by atoms with E-state index in [0.29, 0.717) is 39.5 Å². The molecule has 34 heavy (non-hydrogen) atoms. The van der Waals surface area contributed by atoms with Crippen molar-refractivity contribution in [3.63, 3.8) is 0 Å². The molecule has 7 heteroatoms. The Bertz CT molecular complexity index is 1340. The van der Waals surface area contributed by atoms with Gasteiger partial charge in [0.2, 0.25) is 0 Å². The van der Waals surface area contributed by atoms with Crippen LogP contribution in [-0.2, 0) is 0 Å². The third kappa shape index (κ3) is 4.60. The second-order valence-corrected chi connectivity index (χ2v) is 7.97. The van der Waals surface area contributed by atoms with Gasteiger partial charge in [0, 0.05) is 28.1 Å². The average molecular weight is 457 g/mol. The number of aliphatic hydroxyl groups excluding tert-OH is 1. The standard InChI is InChI=1S/C27H25FN4O2/c1-16(29)21-12-18(10-11-24(21)30)22-13-19(32-25(15-33)17-6-3-2-4-7-17)14-31-26(22)20-8-5-9-23(28)27(20)34/h2-14,25,29,32-34H,15,30H2,1H3. The lowest BCUT2D eigenvalue weighted by atomic mass is 9.95. The van der Waals surface area contributed by atoms with Crippen molar-refractivity contribution in [2.45, 2.75) is 13.0 Å². The largest absolute Gasteiger partial charge is 0.504 e. The minimum atomic E-state index is -0.745. The van der Waals surface area contributed by atoms with E-state index in [2.05, 4.69) is 10.3 Å². The highest BCUT2D eigenvalue weighted by atomic mass is 19.1. The van der Waals surface area contributed by atoms with E-state index in [9.17, 15) is 14.6 Å². The first-order valence-electron chi connectivity index (χ1n) is 10.7. The number of halogens is 1. The smallest absolute Gasteiger partial charge is 0.165 e. The average Bonchev–Trinajstić information content (AvgIpc) is 2.85. The fourth-order valence-corrected chi connectivity index (χ4v) is 3.85. The Morgan fingerprint density at radius 3 is 2.53 bits per heavy atom. The highest BCUT2D eigenvalue weighted by Gasteiger charge is 2.18. The molecule has 172 valence electrons. The molecule has 1 atom stereocenters. The molecular weight excluding hydrogens is 431 g/mol. The molecule has 1 heterocycles. The summed E-state index contributed by atoms with van der Waals surface area (Å²) in [6.45, 7) is 1.52. The second kappa shape index (κ2) is 9.72. The van der Waals surface area contributed by atoms with Gasteiger partial charge in [0.15, 0.2) is 11.6 Å². The van der Waals surface area contributed by atoms with Crippen LogP contribution < -0.4 is 11.1 Å². The number of nitrogens with two attached hydrogens (primary N) is 1. The first-order valence-corrected chi connectivity index (χ1v) is 10.7. The van der Waals surface area contributed by atoms with Gasteiger partial charge in [-0.1, -0.05) is 42.5 Å². The fraction of sp³-hybridized carbons (Fsp3) is 0.111.